The number of rotatable bonds is 5. The molecule has 0 spiro atoms. The average Bonchev–Trinajstić information content (AvgIpc) is 3.12. The van der Waals surface area contributed by atoms with Gasteiger partial charge in [0.25, 0.3) is 5.91 Å². The molecule has 0 bridgehead atoms. The van der Waals surface area contributed by atoms with Gasteiger partial charge in [0.05, 0.1) is 4.34 Å². The van der Waals surface area contributed by atoms with Crippen LogP contribution in [0.4, 0.5) is 10.5 Å². The highest BCUT2D eigenvalue weighted by atomic mass is 35.5. The molecule has 0 unspecified atom stereocenters. The summed E-state index contributed by atoms with van der Waals surface area (Å²) in [6.45, 7) is 6.48. The van der Waals surface area contributed by atoms with E-state index in [4.69, 9.17) is 16.3 Å². The standard InChI is InChI=1S/C21H24ClN3O4S2/c1-13-12-14(4-5-15(13)18(26)25-8-10-30-11-9-25)23-19(27)21(2,3)24-20(28)29-17-7-6-16(22)31-17/h4-7,12H,8-11H2,1-3H3,(H,23,27)(H,24,28). The fourth-order valence-corrected chi connectivity index (χ4v) is 4.76. The summed E-state index contributed by atoms with van der Waals surface area (Å²) in [7, 11) is 0. The number of benzene rings is 1. The number of ether oxygens (including phenoxy) is 1. The van der Waals surface area contributed by atoms with E-state index in [0.29, 0.717) is 20.7 Å². The van der Waals surface area contributed by atoms with Crippen LogP contribution in [0.2, 0.25) is 4.34 Å². The van der Waals surface area contributed by atoms with E-state index in [0.717, 1.165) is 41.5 Å². The van der Waals surface area contributed by atoms with Gasteiger partial charge in [0, 0.05) is 35.8 Å². The summed E-state index contributed by atoms with van der Waals surface area (Å²) in [4.78, 5) is 39.5. The number of aryl methyl sites for hydroxylation is 1. The molecule has 0 atom stereocenters. The van der Waals surface area contributed by atoms with E-state index in [9.17, 15) is 14.4 Å². The van der Waals surface area contributed by atoms with Crippen LogP contribution in [0.3, 0.4) is 0 Å². The summed E-state index contributed by atoms with van der Waals surface area (Å²) >= 11 is 8.79. The number of nitrogens with one attached hydrogen (secondary N) is 2. The number of nitrogens with zero attached hydrogens (tertiary/aromatic N) is 1. The van der Waals surface area contributed by atoms with Gasteiger partial charge < -0.3 is 20.3 Å². The first-order valence-electron chi connectivity index (χ1n) is 9.70. The predicted octanol–water partition coefficient (Wildman–Crippen LogP) is 4.40. The molecule has 2 heterocycles. The van der Waals surface area contributed by atoms with Gasteiger partial charge in [-0.25, -0.2) is 4.79 Å². The second-order valence-electron chi connectivity index (χ2n) is 7.59. The second kappa shape index (κ2) is 9.93. The number of thiophene rings is 1. The molecule has 166 valence electrons. The number of carbonyl (C=O) groups is 3. The third kappa shape index (κ3) is 6.15. The number of thioether (sulfide) groups is 1. The van der Waals surface area contributed by atoms with Crippen molar-refractivity contribution in [2.75, 3.05) is 29.9 Å². The monoisotopic (exact) mass is 481 g/mol. The summed E-state index contributed by atoms with van der Waals surface area (Å²) in [5, 5.41) is 5.67. The number of anilines is 1. The summed E-state index contributed by atoms with van der Waals surface area (Å²) < 4.78 is 5.65. The van der Waals surface area contributed by atoms with Crippen molar-refractivity contribution >= 4 is 58.3 Å². The second-order valence-corrected chi connectivity index (χ2v) is 10.5. The molecule has 2 N–H and O–H groups in total. The molecular formula is C21H24ClN3O4S2. The highest BCUT2D eigenvalue weighted by Crippen LogP contribution is 2.28. The highest BCUT2D eigenvalue weighted by molar-refractivity contribution is 7.99. The van der Waals surface area contributed by atoms with Gasteiger partial charge in [-0.1, -0.05) is 22.9 Å². The van der Waals surface area contributed by atoms with Crippen molar-refractivity contribution < 1.29 is 19.1 Å². The molecule has 1 aliphatic heterocycles. The van der Waals surface area contributed by atoms with Crippen LogP contribution in [-0.4, -0.2) is 52.9 Å². The van der Waals surface area contributed by atoms with Crippen LogP contribution in [0.25, 0.3) is 0 Å². The number of hydrogen-bond acceptors (Lipinski definition) is 6. The molecule has 0 saturated carbocycles. The Bertz CT molecular complexity index is 987. The summed E-state index contributed by atoms with van der Waals surface area (Å²) in [6, 6.07) is 8.37. The van der Waals surface area contributed by atoms with E-state index in [1.54, 1.807) is 44.2 Å². The Morgan fingerprint density at radius 2 is 1.84 bits per heavy atom. The lowest BCUT2D eigenvalue weighted by Gasteiger charge is -2.27. The Morgan fingerprint density at radius 3 is 2.45 bits per heavy atom. The number of amides is 3. The summed E-state index contributed by atoms with van der Waals surface area (Å²) in [5.41, 5.74) is 0.717. The van der Waals surface area contributed by atoms with Crippen molar-refractivity contribution in [2.24, 2.45) is 0 Å². The van der Waals surface area contributed by atoms with Gasteiger partial charge in [-0.2, -0.15) is 11.8 Å². The van der Waals surface area contributed by atoms with Crippen molar-refractivity contribution in [3.05, 3.63) is 45.8 Å². The quantitative estimate of drug-likeness (QED) is 0.660. The molecule has 1 fully saturated rings. The zero-order valence-corrected chi connectivity index (χ0v) is 19.9. The molecule has 1 aliphatic rings. The van der Waals surface area contributed by atoms with E-state index < -0.39 is 17.5 Å². The minimum atomic E-state index is -1.23. The van der Waals surface area contributed by atoms with E-state index in [2.05, 4.69) is 10.6 Å². The first-order valence-corrected chi connectivity index (χ1v) is 12.0. The van der Waals surface area contributed by atoms with Crippen LogP contribution < -0.4 is 15.4 Å². The van der Waals surface area contributed by atoms with Gasteiger partial charge in [0.15, 0.2) is 5.06 Å². The smallest absolute Gasteiger partial charge is 0.399 e. The largest absolute Gasteiger partial charge is 0.414 e. The van der Waals surface area contributed by atoms with Gasteiger partial charge >= 0.3 is 6.09 Å². The Labute approximate surface area is 194 Å². The normalized spacial score (nSPS) is 14.1. The van der Waals surface area contributed by atoms with Crippen molar-refractivity contribution in [3.63, 3.8) is 0 Å². The van der Waals surface area contributed by atoms with Gasteiger partial charge in [0.1, 0.15) is 5.54 Å². The minimum absolute atomic E-state index is 0.00842. The van der Waals surface area contributed by atoms with E-state index in [-0.39, 0.29) is 5.91 Å². The maximum Gasteiger partial charge on any atom is 0.414 e. The minimum Gasteiger partial charge on any atom is -0.399 e. The maximum atomic E-state index is 12.7. The zero-order chi connectivity index (χ0) is 22.6. The Kier molecular flexibility index (Phi) is 7.51. The van der Waals surface area contributed by atoms with Crippen molar-refractivity contribution in [2.45, 2.75) is 26.3 Å². The molecule has 1 aromatic heterocycles. The van der Waals surface area contributed by atoms with Crippen LogP contribution in [-0.2, 0) is 4.79 Å². The Balaban J connectivity index is 1.61. The van der Waals surface area contributed by atoms with Crippen LogP contribution in [0.1, 0.15) is 29.8 Å². The zero-order valence-electron chi connectivity index (χ0n) is 17.5. The summed E-state index contributed by atoms with van der Waals surface area (Å²) in [6.07, 6.45) is -0.754. The lowest BCUT2D eigenvalue weighted by molar-refractivity contribution is -0.121. The molecule has 1 saturated heterocycles. The van der Waals surface area contributed by atoms with Gasteiger partial charge in [-0.05, 0) is 56.7 Å². The number of halogens is 1. The van der Waals surface area contributed by atoms with Gasteiger partial charge in [0.2, 0.25) is 5.91 Å². The van der Waals surface area contributed by atoms with Gasteiger partial charge in [-0.3, -0.25) is 9.59 Å². The van der Waals surface area contributed by atoms with Crippen LogP contribution in [0, 0.1) is 6.92 Å². The first kappa shape index (κ1) is 23.4. The molecule has 0 aliphatic carbocycles. The highest BCUT2D eigenvalue weighted by Gasteiger charge is 2.31. The predicted molar refractivity (Wildman–Crippen MR) is 126 cm³/mol. The lowest BCUT2D eigenvalue weighted by atomic mass is 10.0. The molecule has 3 rings (SSSR count). The van der Waals surface area contributed by atoms with Crippen LogP contribution >= 0.6 is 34.7 Å². The lowest BCUT2D eigenvalue weighted by Crippen LogP contribution is -2.53. The number of carbonyl (C=O) groups excluding carboxylic acids is 3. The third-order valence-corrected chi connectivity index (χ3v) is 6.79. The molecule has 10 heteroatoms. The topological polar surface area (TPSA) is 87.7 Å². The first-order chi connectivity index (χ1) is 14.7. The molecule has 7 nitrogen and oxygen atoms in total. The molecule has 31 heavy (non-hydrogen) atoms. The van der Waals surface area contributed by atoms with E-state index in [1.807, 2.05) is 23.6 Å². The molecular weight excluding hydrogens is 458 g/mol. The molecule has 3 amide bonds. The third-order valence-electron chi connectivity index (χ3n) is 4.74. The van der Waals surface area contributed by atoms with E-state index >= 15 is 0 Å². The van der Waals surface area contributed by atoms with Crippen molar-refractivity contribution in [1.29, 1.82) is 0 Å². The fraction of sp³-hybridized carbons (Fsp3) is 0.381. The number of hydrogen-bond donors (Lipinski definition) is 2. The fourth-order valence-electron chi connectivity index (χ4n) is 2.99. The molecule has 0 radical (unpaired) electrons. The summed E-state index contributed by atoms with van der Waals surface area (Å²) in [5.74, 6) is 1.49. The Hall–Kier alpha value is -2.23. The Morgan fingerprint density at radius 1 is 1.13 bits per heavy atom. The van der Waals surface area contributed by atoms with Crippen molar-refractivity contribution in [1.82, 2.24) is 10.2 Å². The van der Waals surface area contributed by atoms with Crippen molar-refractivity contribution in [3.8, 4) is 5.06 Å². The van der Waals surface area contributed by atoms with Crippen LogP contribution in [0.15, 0.2) is 30.3 Å². The van der Waals surface area contributed by atoms with Gasteiger partial charge in [-0.15, -0.1) is 0 Å². The maximum absolute atomic E-state index is 12.7. The average molecular weight is 482 g/mol. The van der Waals surface area contributed by atoms with Crippen LogP contribution in [0.5, 0.6) is 5.06 Å². The van der Waals surface area contributed by atoms with E-state index in [1.165, 1.54) is 0 Å². The SMILES string of the molecule is Cc1cc(NC(=O)C(C)(C)NC(=O)Oc2ccc(Cl)s2)ccc1C(=O)N1CCSCC1. The molecule has 1 aromatic carbocycles. The molecule has 2 aromatic rings.